The van der Waals surface area contributed by atoms with Gasteiger partial charge in [-0.3, -0.25) is 9.89 Å². The van der Waals surface area contributed by atoms with E-state index in [4.69, 9.17) is 17.0 Å². The molecule has 1 amide bonds. The Bertz CT molecular complexity index is 977. The molecular formula is C16H21N5O4S2. The van der Waals surface area contributed by atoms with Gasteiger partial charge in [0.05, 0.1) is 17.5 Å². The number of nitrogens with zero attached hydrogens (tertiary/aromatic N) is 2. The Morgan fingerprint density at radius 3 is 2.96 bits per heavy atom. The van der Waals surface area contributed by atoms with Crippen LogP contribution in [0.4, 0.5) is 0 Å². The van der Waals surface area contributed by atoms with Crippen LogP contribution in [0, 0.1) is 4.77 Å². The van der Waals surface area contributed by atoms with E-state index in [0.29, 0.717) is 17.2 Å². The van der Waals surface area contributed by atoms with Gasteiger partial charge in [0.2, 0.25) is 10.0 Å². The quantitative estimate of drug-likeness (QED) is 0.582. The molecule has 3 rings (SSSR count). The minimum absolute atomic E-state index is 0.0336. The van der Waals surface area contributed by atoms with Gasteiger partial charge in [0, 0.05) is 25.8 Å². The molecule has 1 aromatic carbocycles. The van der Waals surface area contributed by atoms with Crippen molar-refractivity contribution in [1.29, 1.82) is 0 Å². The molecule has 3 N–H and O–H groups in total. The number of nitrogens with one attached hydrogen (secondary N) is 3. The molecule has 2 heterocycles. The van der Waals surface area contributed by atoms with Gasteiger partial charge >= 0.3 is 0 Å². The number of amides is 1. The Hall–Kier alpha value is -2.08. The zero-order valence-electron chi connectivity index (χ0n) is 14.8. The predicted octanol–water partition coefficient (Wildman–Crippen LogP) is 0.865. The summed E-state index contributed by atoms with van der Waals surface area (Å²) in [5.41, 5.74) is 0.242. The van der Waals surface area contributed by atoms with Gasteiger partial charge in [-0.25, -0.2) is 13.1 Å². The molecule has 9 nitrogen and oxygen atoms in total. The molecule has 27 heavy (non-hydrogen) atoms. The molecule has 1 unspecified atom stereocenters. The molecule has 0 aliphatic carbocycles. The average Bonchev–Trinajstić information content (AvgIpc) is 3.29. The fraction of sp³-hybridized carbons (Fsp3) is 0.438. The van der Waals surface area contributed by atoms with Crippen LogP contribution in [-0.2, 0) is 28.4 Å². The van der Waals surface area contributed by atoms with Crippen LogP contribution in [0.15, 0.2) is 29.2 Å². The van der Waals surface area contributed by atoms with E-state index in [1.165, 1.54) is 18.2 Å². The first kappa shape index (κ1) is 19.7. The third kappa shape index (κ3) is 4.80. The number of rotatable bonds is 7. The van der Waals surface area contributed by atoms with Crippen molar-refractivity contribution in [2.24, 2.45) is 7.05 Å². The summed E-state index contributed by atoms with van der Waals surface area (Å²) in [6.07, 6.45) is 1.67. The second-order valence-corrected chi connectivity index (χ2v) is 8.36. The Kier molecular flexibility index (Phi) is 6.05. The third-order valence-corrected chi connectivity index (χ3v) is 6.10. The van der Waals surface area contributed by atoms with Crippen molar-refractivity contribution < 1.29 is 17.9 Å². The number of benzene rings is 1. The molecule has 0 radical (unpaired) electrons. The van der Waals surface area contributed by atoms with Crippen LogP contribution < -0.4 is 10.0 Å². The van der Waals surface area contributed by atoms with Gasteiger partial charge in [0.25, 0.3) is 5.91 Å². The van der Waals surface area contributed by atoms with Crippen molar-refractivity contribution in [2.75, 3.05) is 13.2 Å². The molecule has 1 aliphatic heterocycles. The van der Waals surface area contributed by atoms with E-state index in [0.717, 1.165) is 12.8 Å². The zero-order chi connectivity index (χ0) is 19.4. The van der Waals surface area contributed by atoms with Gasteiger partial charge in [-0.1, -0.05) is 6.07 Å². The third-order valence-electron chi connectivity index (χ3n) is 4.31. The second-order valence-electron chi connectivity index (χ2n) is 6.20. The van der Waals surface area contributed by atoms with E-state index in [9.17, 15) is 13.2 Å². The minimum Gasteiger partial charge on any atom is -0.377 e. The maximum absolute atomic E-state index is 12.5. The largest absolute Gasteiger partial charge is 0.377 e. The molecule has 1 aliphatic rings. The van der Waals surface area contributed by atoms with Crippen molar-refractivity contribution in [2.45, 2.75) is 30.4 Å². The Balaban J connectivity index is 1.65. The lowest BCUT2D eigenvalue weighted by Gasteiger charge is -2.12. The molecule has 1 saturated heterocycles. The number of carbonyl (C=O) groups is 1. The summed E-state index contributed by atoms with van der Waals surface area (Å²) in [4.78, 5) is 12.4. The molecular weight excluding hydrogens is 390 g/mol. The lowest BCUT2D eigenvalue weighted by molar-refractivity contribution is 0.0949. The van der Waals surface area contributed by atoms with Crippen LogP contribution >= 0.6 is 12.2 Å². The molecule has 2 aromatic rings. The first-order valence-corrected chi connectivity index (χ1v) is 10.4. The molecule has 0 bridgehead atoms. The normalized spacial score (nSPS) is 17.1. The van der Waals surface area contributed by atoms with Gasteiger partial charge < -0.3 is 14.6 Å². The summed E-state index contributed by atoms with van der Waals surface area (Å²) in [7, 11) is -1.98. The summed E-state index contributed by atoms with van der Waals surface area (Å²) in [5.74, 6) is 0.162. The van der Waals surface area contributed by atoms with Crippen LogP contribution in [0.5, 0.6) is 0 Å². The molecule has 1 aromatic heterocycles. The molecule has 11 heteroatoms. The van der Waals surface area contributed by atoms with Crippen LogP contribution in [0.25, 0.3) is 0 Å². The van der Waals surface area contributed by atoms with Crippen molar-refractivity contribution in [3.05, 3.63) is 40.4 Å². The Morgan fingerprint density at radius 2 is 2.30 bits per heavy atom. The van der Waals surface area contributed by atoms with E-state index in [1.807, 2.05) is 0 Å². The highest BCUT2D eigenvalue weighted by atomic mass is 32.2. The standard InChI is InChI=1S/C16H21N5O4S2/c1-21-14(19-20-16(21)26)10-17-15(22)11-4-2-6-13(8-11)27(23,24)18-9-12-5-3-7-25-12/h2,4,6,8,12,18H,3,5,7,9-10H2,1H3,(H,17,22)(H,20,26). The topological polar surface area (TPSA) is 118 Å². The van der Waals surface area contributed by atoms with Gasteiger partial charge in [0.15, 0.2) is 10.6 Å². The smallest absolute Gasteiger partial charge is 0.251 e. The molecule has 0 saturated carbocycles. The van der Waals surface area contributed by atoms with Crippen molar-refractivity contribution >= 4 is 28.1 Å². The SMILES string of the molecule is Cn1c(CNC(=O)c2cccc(S(=O)(=O)NCC3CCCO3)c2)n[nH]c1=S. The fourth-order valence-corrected chi connectivity index (χ4v) is 3.96. The number of aromatic nitrogens is 3. The lowest BCUT2D eigenvalue weighted by atomic mass is 10.2. The first-order chi connectivity index (χ1) is 12.9. The zero-order valence-corrected chi connectivity index (χ0v) is 16.4. The summed E-state index contributed by atoms with van der Waals surface area (Å²) in [6.45, 7) is 1.04. The maximum Gasteiger partial charge on any atom is 0.251 e. The number of H-pyrrole nitrogens is 1. The summed E-state index contributed by atoms with van der Waals surface area (Å²) in [6, 6.07) is 5.88. The number of aromatic amines is 1. The van der Waals surface area contributed by atoms with E-state index in [-0.39, 0.29) is 29.7 Å². The van der Waals surface area contributed by atoms with Gasteiger partial charge in [-0.15, -0.1) is 0 Å². The van der Waals surface area contributed by atoms with E-state index >= 15 is 0 Å². The van der Waals surface area contributed by atoms with Crippen molar-refractivity contribution in [3.8, 4) is 0 Å². The van der Waals surface area contributed by atoms with Crippen molar-refractivity contribution in [3.63, 3.8) is 0 Å². The molecule has 1 fully saturated rings. The first-order valence-electron chi connectivity index (χ1n) is 8.46. The lowest BCUT2D eigenvalue weighted by Crippen LogP contribution is -2.32. The van der Waals surface area contributed by atoms with Crippen LogP contribution in [0.2, 0.25) is 0 Å². The number of ether oxygens (including phenoxy) is 1. The van der Waals surface area contributed by atoms with E-state index in [2.05, 4.69) is 20.2 Å². The number of carbonyl (C=O) groups excluding carboxylic acids is 1. The van der Waals surface area contributed by atoms with Gasteiger partial charge in [-0.2, -0.15) is 5.10 Å². The highest BCUT2D eigenvalue weighted by Crippen LogP contribution is 2.14. The Labute approximate surface area is 162 Å². The number of hydrogen-bond donors (Lipinski definition) is 3. The fourth-order valence-electron chi connectivity index (χ4n) is 2.69. The van der Waals surface area contributed by atoms with E-state index in [1.54, 1.807) is 17.7 Å². The summed E-state index contributed by atoms with van der Waals surface area (Å²) < 4.78 is 35.0. The minimum atomic E-state index is -3.72. The molecule has 1 atom stereocenters. The summed E-state index contributed by atoms with van der Waals surface area (Å²) >= 11 is 5.02. The average molecular weight is 412 g/mol. The van der Waals surface area contributed by atoms with E-state index < -0.39 is 15.9 Å². The predicted molar refractivity (Wildman–Crippen MR) is 100 cm³/mol. The molecule has 146 valence electrons. The number of sulfonamides is 1. The van der Waals surface area contributed by atoms with Gasteiger partial charge in [0.1, 0.15) is 0 Å². The van der Waals surface area contributed by atoms with Crippen LogP contribution in [0.1, 0.15) is 29.0 Å². The highest BCUT2D eigenvalue weighted by molar-refractivity contribution is 7.89. The van der Waals surface area contributed by atoms with Crippen LogP contribution in [-0.4, -0.2) is 48.3 Å². The highest BCUT2D eigenvalue weighted by Gasteiger charge is 2.21. The molecule has 0 spiro atoms. The summed E-state index contributed by atoms with van der Waals surface area (Å²) in [5, 5.41) is 9.35. The Morgan fingerprint density at radius 1 is 1.48 bits per heavy atom. The monoisotopic (exact) mass is 411 g/mol. The number of hydrogen-bond acceptors (Lipinski definition) is 6. The maximum atomic E-state index is 12.5. The van der Waals surface area contributed by atoms with Gasteiger partial charge in [-0.05, 0) is 43.3 Å². The van der Waals surface area contributed by atoms with Crippen LogP contribution in [0.3, 0.4) is 0 Å². The van der Waals surface area contributed by atoms with Crippen molar-refractivity contribution in [1.82, 2.24) is 24.8 Å². The second kappa shape index (κ2) is 8.30.